The normalized spacial score (nSPS) is 19.7. The quantitative estimate of drug-likeness (QED) is 0.827. The summed E-state index contributed by atoms with van der Waals surface area (Å²) in [5.74, 6) is 0.910. The van der Waals surface area contributed by atoms with Gasteiger partial charge in [0.2, 0.25) is 0 Å². The third-order valence-corrected chi connectivity index (χ3v) is 5.97. The van der Waals surface area contributed by atoms with Gasteiger partial charge in [-0.2, -0.15) is 13.2 Å². The molecule has 0 spiro atoms. The van der Waals surface area contributed by atoms with Gasteiger partial charge in [-0.1, -0.05) is 0 Å². The Morgan fingerprint density at radius 2 is 1.92 bits per heavy atom. The summed E-state index contributed by atoms with van der Waals surface area (Å²) in [7, 11) is 0. The minimum atomic E-state index is -4.13. The fourth-order valence-electron chi connectivity index (χ4n) is 3.75. The molecule has 0 bridgehead atoms. The van der Waals surface area contributed by atoms with Crippen LogP contribution in [-0.4, -0.2) is 53.8 Å². The van der Waals surface area contributed by atoms with Crippen LogP contribution in [0.2, 0.25) is 0 Å². The largest absolute Gasteiger partial charge is 0.401 e. The third kappa shape index (κ3) is 3.09. The van der Waals surface area contributed by atoms with Gasteiger partial charge in [-0.15, -0.1) is 11.3 Å². The zero-order valence-corrected chi connectivity index (χ0v) is 14.1. The molecule has 1 aliphatic heterocycles. The van der Waals surface area contributed by atoms with Crippen molar-refractivity contribution < 1.29 is 13.2 Å². The first-order valence-electron chi connectivity index (χ1n) is 8.30. The Labute approximate surface area is 142 Å². The second kappa shape index (κ2) is 6.15. The van der Waals surface area contributed by atoms with Crippen molar-refractivity contribution in [2.45, 2.75) is 31.9 Å². The van der Waals surface area contributed by atoms with Crippen LogP contribution in [0.1, 0.15) is 23.3 Å². The van der Waals surface area contributed by atoms with E-state index in [-0.39, 0.29) is 0 Å². The highest BCUT2D eigenvalue weighted by molar-refractivity contribution is 7.19. The minimum absolute atomic E-state index is 0.414. The van der Waals surface area contributed by atoms with Gasteiger partial charge in [0.05, 0.1) is 11.9 Å². The zero-order valence-electron chi connectivity index (χ0n) is 13.3. The Morgan fingerprint density at radius 3 is 2.75 bits per heavy atom. The van der Waals surface area contributed by atoms with E-state index >= 15 is 0 Å². The Hall–Kier alpha value is -1.41. The number of fused-ring (bicyclic) bond motifs is 3. The molecule has 4 rings (SSSR count). The maximum atomic E-state index is 12.6. The van der Waals surface area contributed by atoms with Crippen LogP contribution in [0.5, 0.6) is 0 Å². The average molecular weight is 356 g/mol. The summed E-state index contributed by atoms with van der Waals surface area (Å²) in [6.45, 7) is 1.38. The summed E-state index contributed by atoms with van der Waals surface area (Å²) in [4.78, 5) is 15.0. The number of aromatic nitrogens is 2. The number of nitrogens with zero attached hydrogens (tertiary/aromatic N) is 4. The van der Waals surface area contributed by atoms with E-state index in [9.17, 15) is 13.2 Å². The molecule has 0 aromatic carbocycles. The van der Waals surface area contributed by atoms with E-state index < -0.39 is 12.7 Å². The molecule has 24 heavy (non-hydrogen) atoms. The fourth-order valence-corrected chi connectivity index (χ4v) is 4.97. The molecule has 2 aromatic rings. The van der Waals surface area contributed by atoms with Gasteiger partial charge in [-0.3, -0.25) is 4.90 Å². The van der Waals surface area contributed by atoms with E-state index in [1.807, 2.05) is 0 Å². The third-order valence-electron chi connectivity index (χ3n) is 4.77. The molecule has 0 atom stereocenters. The first-order valence-corrected chi connectivity index (χ1v) is 9.12. The molecule has 3 heterocycles. The molecule has 0 N–H and O–H groups in total. The molecule has 0 unspecified atom stereocenters. The lowest BCUT2D eigenvalue weighted by Gasteiger charge is -2.24. The molecule has 0 saturated carbocycles. The molecule has 8 heteroatoms. The highest BCUT2D eigenvalue weighted by Crippen LogP contribution is 2.40. The van der Waals surface area contributed by atoms with Crippen molar-refractivity contribution in [3.05, 3.63) is 16.8 Å². The van der Waals surface area contributed by atoms with Crippen LogP contribution in [0.3, 0.4) is 0 Å². The number of rotatable bonds is 2. The number of aryl methyl sites for hydroxylation is 2. The predicted octanol–water partition coefficient (Wildman–Crippen LogP) is 3.25. The topological polar surface area (TPSA) is 32.3 Å². The van der Waals surface area contributed by atoms with Crippen LogP contribution in [0, 0.1) is 0 Å². The average Bonchev–Trinajstić information content (AvgIpc) is 3.01. The Balaban J connectivity index is 1.59. The molecule has 0 amide bonds. The summed E-state index contributed by atoms with van der Waals surface area (Å²) in [5.41, 5.74) is 1.36. The van der Waals surface area contributed by atoms with E-state index in [0.29, 0.717) is 26.1 Å². The van der Waals surface area contributed by atoms with Gasteiger partial charge in [0.25, 0.3) is 0 Å². The van der Waals surface area contributed by atoms with Crippen molar-refractivity contribution in [3.63, 3.8) is 0 Å². The Kier molecular flexibility index (Phi) is 4.12. The lowest BCUT2D eigenvalue weighted by atomic mass is 10.2. The number of halogens is 3. The number of hydrogen-bond acceptors (Lipinski definition) is 5. The number of hydrogen-bond donors (Lipinski definition) is 0. The van der Waals surface area contributed by atoms with Crippen molar-refractivity contribution in [2.75, 3.05) is 37.6 Å². The molecule has 2 aliphatic rings. The number of alkyl halides is 3. The highest BCUT2D eigenvalue weighted by atomic mass is 32.1. The fraction of sp³-hybridized carbons (Fsp3) is 0.625. The van der Waals surface area contributed by atoms with Crippen molar-refractivity contribution in [3.8, 4) is 0 Å². The van der Waals surface area contributed by atoms with E-state index in [1.165, 1.54) is 21.8 Å². The van der Waals surface area contributed by atoms with Crippen molar-refractivity contribution in [1.82, 2.24) is 14.9 Å². The van der Waals surface area contributed by atoms with Crippen molar-refractivity contribution in [1.29, 1.82) is 0 Å². The SMILES string of the molecule is FC(F)(F)CN1CCCN(c2ncnc3sc4c(c23)CCC4)CC1. The van der Waals surface area contributed by atoms with Gasteiger partial charge in [0.15, 0.2) is 0 Å². The summed E-state index contributed by atoms with van der Waals surface area (Å²) in [5, 5.41) is 1.14. The molecule has 130 valence electrons. The van der Waals surface area contributed by atoms with Gasteiger partial charge < -0.3 is 4.90 Å². The molecule has 1 saturated heterocycles. The molecular formula is C16H19F3N4S. The zero-order chi connectivity index (χ0) is 16.7. The maximum Gasteiger partial charge on any atom is 0.401 e. The summed E-state index contributed by atoms with van der Waals surface area (Å²) in [6, 6.07) is 0. The van der Waals surface area contributed by atoms with E-state index in [1.54, 1.807) is 17.7 Å². The second-order valence-electron chi connectivity index (χ2n) is 6.47. The van der Waals surface area contributed by atoms with Crippen LogP contribution in [0.25, 0.3) is 10.2 Å². The van der Waals surface area contributed by atoms with Crippen LogP contribution in [-0.2, 0) is 12.8 Å². The molecular weight excluding hydrogens is 337 g/mol. The van der Waals surface area contributed by atoms with Crippen LogP contribution < -0.4 is 4.90 Å². The minimum Gasteiger partial charge on any atom is -0.355 e. The Bertz CT molecular complexity index is 743. The van der Waals surface area contributed by atoms with Gasteiger partial charge in [-0.25, -0.2) is 9.97 Å². The standard InChI is InChI=1S/C16H19F3N4S/c17-16(18,19)9-22-5-2-6-23(8-7-22)14-13-11-3-1-4-12(11)24-15(13)21-10-20-14/h10H,1-9H2. The highest BCUT2D eigenvalue weighted by Gasteiger charge is 2.32. The molecule has 1 fully saturated rings. The molecule has 0 radical (unpaired) electrons. The lowest BCUT2D eigenvalue weighted by Crippen LogP contribution is -2.37. The monoisotopic (exact) mass is 356 g/mol. The first kappa shape index (κ1) is 16.1. The van der Waals surface area contributed by atoms with Crippen molar-refractivity contribution in [2.24, 2.45) is 0 Å². The van der Waals surface area contributed by atoms with E-state index in [0.717, 1.165) is 35.4 Å². The summed E-state index contributed by atoms with van der Waals surface area (Å²) < 4.78 is 37.9. The van der Waals surface area contributed by atoms with Gasteiger partial charge in [-0.05, 0) is 31.2 Å². The number of anilines is 1. The first-order chi connectivity index (χ1) is 11.5. The van der Waals surface area contributed by atoms with Gasteiger partial charge >= 0.3 is 6.18 Å². The molecule has 1 aliphatic carbocycles. The summed E-state index contributed by atoms with van der Waals surface area (Å²) in [6.07, 6.45) is 1.50. The van der Waals surface area contributed by atoms with E-state index in [4.69, 9.17) is 0 Å². The van der Waals surface area contributed by atoms with E-state index in [2.05, 4.69) is 14.9 Å². The predicted molar refractivity (Wildman–Crippen MR) is 88.8 cm³/mol. The van der Waals surface area contributed by atoms with Crippen LogP contribution >= 0.6 is 11.3 Å². The molecule has 2 aromatic heterocycles. The van der Waals surface area contributed by atoms with Gasteiger partial charge in [0, 0.05) is 31.1 Å². The smallest absolute Gasteiger partial charge is 0.355 e. The van der Waals surface area contributed by atoms with Crippen molar-refractivity contribution >= 4 is 27.4 Å². The Morgan fingerprint density at radius 1 is 1.04 bits per heavy atom. The summed E-state index contributed by atoms with van der Waals surface area (Å²) >= 11 is 1.74. The second-order valence-corrected chi connectivity index (χ2v) is 7.55. The van der Waals surface area contributed by atoms with Crippen LogP contribution in [0.4, 0.5) is 19.0 Å². The van der Waals surface area contributed by atoms with Gasteiger partial charge in [0.1, 0.15) is 17.0 Å². The van der Waals surface area contributed by atoms with Crippen LogP contribution in [0.15, 0.2) is 6.33 Å². The molecule has 4 nitrogen and oxygen atoms in total. The number of thiophene rings is 1. The lowest BCUT2D eigenvalue weighted by molar-refractivity contribution is -0.145. The maximum absolute atomic E-state index is 12.6.